The molecule has 0 saturated carbocycles. The van der Waals surface area contributed by atoms with Crippen molar-refractivity contribution in [3.63, 3.8) is 0 Å². The highest BCUT2D eigenvalue weighted by Crippen LogP contribution is 2.22. The number of imidazole rings is 2. The summed E-state index contributed by atoms with van der Waals surface area (Å²) in [5.41, 5.74) is 4.11. The summed E-state index contributed by atoms with van der Waals surface area (Å²) in [6, 6.07) is 7.78. The molecule has 120 valence electrons. The number of ether oxygens (including phenoxy) is 1. The SMILES string of the molecule is CCOC(=O)c1ncn2c(C)cc(-c3cccc4nccn34)nc12. The van der Waals surface area contributed by atoms with Crippen molar-refractivity contribution in [1.82, 2.24) is 23.8 Å². The zero-order valence-corrected chi connectivity index (χ0v) is 13.3. The number of carbonyl (C=O) groups is 1. The van der Waals surface area contributed by atoms with Crippen LogP contribution in [0.4, 0.5) is 0 Å². The normalized spacial score (nSPS) is 11.2. The Balaban J connectivity index is 1.95. The van der Waals surface area contributed by atoms with E-state index in [0.29, 0.717) is 12.3 Å². The molecule has 4 aromatic rings. The van der Waals surface area contributed by atoms with E-state index in [4.69, 9.17) is 4.74 Å². The predicted octanol–water partition coefficient (Wildman–Crippen LogP) is 2.53. The first-order chi connectivity index (χ1) is 11.7. The first-order valence-corrected chi connectivity index (χ1v) is 7.63. The van der Waals surface area contributed by atoms with Gasteiger partial charge in [-0.05, 0) is 32.0 Å². The molecule has 0 aliphatic carbocycles. The minimum Gasteiger partial charge on any atom is -0.461 e. The van der Waals surface area contributed by atoms with Gasteiger partial charge in [0.15, 0.2) is 11.3 Å². The number of fused-ring (bicyclic) bond motifs is 2. The van der Waals surface area contributed by atoms with E-state index in [1.807, 2.05) is 41.8 Å². The van der Waals surface area contributed by atoms with Gasteiger partial charge in [0.25, 0.3) is 0 Å². The summed E-state index contributed by atoms with van der Waals surface area (Å²) in [5.74, 6) is -0.468. The van der Waals surface area contributed by atoms with Crippen molar-refractivity contribution >= 4 is 17.3 Å². The molecule has 0 amide bonds. The molecule has 0 aliphatic heterocycles. The molecule has 4 rings (SSSR count). The Morgan fingerprint density at radius 2 is 2.12 bits per heavy atom. The third kappa shape index (κ3) is 2.13. The molecule has 4 aromatic heterocycles. The van der Waals surface area contributed by atoms with Crippen molar-refractivity contribution in [3.05, 3.63) is 54.4 Å². The highest BCUT2D eigenvalue weighted by molar-refractivity contribution is 5.94. The van der Waals surface area contributed by atoms with Gasteiger partial charge in [-0.25, -0.2) is 19.7 Å². The number of nitrogens with zero attached hydrogens (tertiary/aromatic N) is 5. The van der Waals surface area contributed by atoms with E-state index in [1.54, 1.807) is 23.8 Å². The van der Waals surface area contributed by atoms with Crippen LogP contribution in [0.3, 0.4) is 0 Å². The largest absolute Gasteiger partial charge is 0.461 e. The molecular formula is C17H15N5O2. The molecule has 0 aliphatic rings. The molecule has 24 heavy (non-hydrogen) atoms. The average molecular weight is 321 g/mol. The Labute approximate surface area is 137 Å². The van der Waals surface area contributed by atoms with Crippen LogP contribution in [-0.2, 0) is 4.74 Å². The van der Waals surface area contributed by atoms with E-state index in [2.05, 4.69) is 15.0 Å². The summed E-state index contributed by atoms with van der Waals surface area (Å²) >= 11 is 0. The van der Waals surface area contributed by atoms with Crippen molar-refractivity contribution in [2.75, 3.05) is 6.61 Å². The monoisotopic (exact) mass is 321 g/mol. The van der Waals surface area contributed by atoms with Crippen molar-refractivity contribution in [3.8, 4) is 11.4 Å². The van der Waals surface area contributed by atoms with Gasteiger partial charge in [0.1, 0.15) is 12.0 Å². The van der Waals surface area contributed by atoms with Crippen LogP contribution in [0.25, 0.3) is 22.7 Å². The van der Waals surface area contributed by atoms with Crippen LogP contribution >= 0.6 is 0 Å². The summed E-state index contributed by atoms with van der Waals surface area (Å²) in [6.07, 6.45) is 5.22. The Morgan fingerprint density at radius 1 is 1.25 bits per heavy atom. The number of hydrogen-bond donors (Lipinski definition) is 0. The fraction of sp³-hybridized carbons (Fsp3) is 0.176. The van der Waals surface area contributed by atoms with E-state index in [9.17, 15) is 4.79 Å². The zero-order chi connectivity index (χ0) is 16.7. The number of pyridine rings is 1. The lowest BCUT2D eigenvalue weighted by atomic mass is 10.2. The number of aryl methyl sites for hydroxylation is 1. The lowest BCUT2D eigenvalue weighted by molar-refractivity contribution is 0.0522. The number of aromatic nitrogens is 5. The fourth-order valence-electron chi connectivity index (χ4n) is 2.75. The maximum absolute atomic E-state index is 12.1. The average Bonchev–Trinajstić information content (AvgIpc) is 3.21. The van der Waals surface area contributed by atoms with Gasteiger partial charge in [-0.2, -0.15) is 0 Å². The maximum atomic E-state index is 12.1. The third-order valence-electron chi connectivity index (χ3n) is 3.85. The lowest BCUT2D eigenvalue weighted by Gasteiger charge is -2.08. The summed E-state index contributed by atoms with van der Waals surface area (Å²) in [6.45, 7) is 4.01. The minimum atomic E-state index is -0.468. The number of hydrogen-bond acceptors (Lipinski definition) is 5. The molecule has 4 heterocycles. The van der Waals surface area contributed by atoms with Crippen LogP contribution in [0.5, 0.6) is 0 Å². The molecular weight excluding hydrogens is 306 g/mol. The lowest BCUT2D eigenvalue weighted by Crippen LogP contribution is -2.07. The molecule has 0 spiro atoms. The first kappa shape index (κ1) is 14.4. The predicted molar refractivity (Wildman–Crippen MR) is 87.9 cm³/mol. The first-order valence-electron chi connectivity index (χ1n) is 7.63. The van der Waals surface area contributed by atoms with Crippen LogP contribution in [0.2, 0.25) is 0 Å². The topological polar surface area (TPSA) is 73.8 Å². The summed E-state index contributed by atoms with van der Waals surface area (Å²) in [5, 5.41) is 0. The van der Waals surface area contributed by atoms with Gasteiger partial charge < -0.3 is 4.74 Å². The van der Waals surface area contributed by atoms with Gasteiger partial charge in [0.05, 0.1) is 18.0 Å². The van der Waals surface area contributed by atoms with Gasteiger partial charge in [-0.1, -0.05) is 6.07 Å². The van der Waals surface area contributed by atoms with Gasteiger partial charge in [0.2, 0.25) is 0 Å². The van der Waals surface area contributed by atoms with Gasteiger partial charge in [-0.3, -0.25) is 8.80 Å². The van der Waals surface area contributed by atoms with E-state index in [1.165, 1.54) is 0 Å². The van der Waals surface area contributed by atoms with Crippen LogP contribution in [-0.4, -0.2) is 36.3 Å². The quantitative estimate of drug-likeness (QED) is 0.542. The second-order valence-electron chi connectivity index (χ2n) is 5.36. The van der Waals surface area contributed by atoms with Crippen molar-refractivity contribution < 1.29 is 9.53 Å². The van der Waals surface area contributed by atoms with Gasteiger partial charge in [0, 0.05) is 18.1 Å². The van der Waals surface area contributed by atoms with E-state index in [-0.39, 0.29) is 5.69 Å². The van der Waals surface area contributed by atoms with Crippen LogP contribution < -0.4 is 0 Å². The number of esters is 1. The second kappa shape index (κ2) is 5.45. The third-order valence-corrected chi connectivity index (χ3v) is 3.85. The van der Waals surface area contributed by atoms with Crippen LogP contribution in [0, 0.1) is 6.92 Å². The molecule has 7 heteroatoms. The molecule has 0 unspecified atom stereocenters. The second-order valence-corrected chi connectivity index (χ2v) is 5.36. The summed E-state index contributed by atoms with van der Waals surface area (Å²) in [4.78, 5) is 25.2. The summed E-state index contributed by atoms with van der Waals surface area (Å²) < 4.78 is 8.81. The maximum Gasteiger partial charge on any atom is 0.360 e. The van der Waals surface area contributed by atoms with Gasteiger partial charge >= 0.3 is 5.97 Å². The molecule has 0 N–H and O–H groups in total. The highest BCUT2D eigenvalue weighted by atomic mass is 16.5. The Hall–Kier alpha value is -3.22. The molecule has 0 fully saturated rings. The Kier molecular flexibility index (Phi) is 3.26. The standard InChI is InChI=1S/C17H15N5O2/c1-3-24-17(23)15-16-20-12(9-11(2)22(16)10-19-15)13-5-4-6-14-18-7-8-21(13)14/h4-10H,3H2,1-2H3. The van der Waals surface area contributed by atoms with E-state index in [0.717, 1.165) is 22.7 Å². The minimum absolute atomic E-state index is 0.222. The molecule has 0 saturated heterocycles. The molecule has 0 aromatic carbocycles. The Bertz CT molecular complexity index is 1060. The van der Waals surface area contributed by atoms with Crippen LogP contribution in [0.1, 0.15) is 23.1 Å². The van der Waals surface area contributed by atoms with Gasteiger partial charge in [-0.15, -0.1) is 0 Å². The zero-order valence-electron chi connectivity index (χ0n) is 13.3. The number of rotatable bonds is 3. The smallest absolute Gasteiger partial charge is 0.360 e. The van der Waals surface area contributed by atoms with E-state index >= 15 is 0 Å². The molecule has 0 radical (unpaired) electrons. The highest BCUT2D eigenvalue weighted by Gasteiger charge is 2.18. The molecule has 0 bridgehead atoms. The Morgan fingerprint density at radius 3 is 2.96 bits per heavy atom. The van der Waals surface area contributed by atoms with Crippen LogP contribution in [0.15, 0.2) is 43.0 Å². The fourth-order valence-corrected chi connectivity index (χ4v) is 2.75. The van der Waals surface area contributed by atoms with E-state index < -0.39 is 5.97 Å². The molecule has 0 atom stereocenters. The summed E-state index contributed by atoms with van der Waals surface area (Å²) in [7, 11) is 0. The molecule has 7 nitrogen and oxygen atoms in total. The van der Waals surface area contributed by atoms with Crippen molar-refractivity contribution in [2.45, 2.75) is 13.8 Å². The number of carbonyl (C=O) groups excluding carboxylic acids is 1. The van der Waals surface area contributed by atoms with Crippen molar-refractivity contribution in [1.29, 1.82) is 0 Å². The van der Waals surface area contributed by atoms with Crippen molar-refractivity contribution in [2.24, 2.45) is 0 Å².